The van der Waals surface area contributed by atoms with Gasteiger partial charge in [0.25, 0.3) is 5.91 Å². The lowest BCUT2D eigenvalue weighted by Crippen LogP contribution is -2.31. The van der Waals surface area contributed by atoms with Crippen LogP contribution >= 0.6 is 12.2 Å². The Kier molecular flexibility index (Phi) is 5.48. The van der Waals surface area contributed by atoms with Crippen LogP contribution in [-0.4, -0.2) is 47.2 Å². The molecule has 2 heterocycles. The van der Waals surface area contributed by atoms with Crippen molar-refractivity contribution in [2.75, 3.05) is 26.8 Å². The second kappa shape index (κ2) is 7.77. The van der Waals surface area contributed by atoms with Gasteiger partial charge in [-0.25, -0.2) is 0 Å². The Balaban J connectivity index is 1.72. The number of nitrogens with zero attached hydrogens (tertiary/aromatic N) is 2. The average molecular weight is 345 g/mol. The van der Waals surface area contributed by atoms with Crippen LogP contribution in [0.3, 0.4) is 0 Å². The summed E-state index contributed by atoms with van der Waals surface area (Å²) in [4.78, 5) is 17.6. The molecular formula is C18H23N3O2S. The van der Waals surface area contributed by atoms with Crippen LogP contribution in [0.1, 0.15) is 29.8 Å². The molecule has 1 aliphatic rings. The minimum Gasteiger partial charge on any atom is -0.381 e. The van der Waals surface area contributed by atoms with Crippen molar-refractivity contribution in [3.8, 4) is 5.69 Å². The van der Waals surface area contributed by atoms with E-state index < -0.39 is 0 Å². The highest BCUT2D eigenvalue weighted by atomic mass is 32.1. The molecule has 1 N–H and O–H groups in total. The van der Waals surface area contributed by atoms with E-state index in [0.717, 1.165) is 44.7 Å². The van der Waals surface area contributed by atoms with Crippen molar-refractivity contribution in [3.63, 3.8) is 0 Å². The summed E-state index contributed by atoms with van der Waals surface area (Å²) in [7, 11) is 1.85. The maximum absolute atomic E-state index is 12.8. The number of benzene rings is 1. The van der Waals surface area contributed by atoms with Crippen LogP contribution in [-0.2, 0) is 4.74 Å². The molecule has 0 aliphatic carbocycles. The molecule has 2 aromatic rings. The number of rotatable bonds is 5. The number of nitrogens with one attached hydrogen (secondary N) is 1. The van der Waals surface area contributed by atoms with Gasteiger partial charge in [0.1, 0.15) is 5.69 Å². The summed E-state index contributed by atoms with van der Waals surface area (Å²) in [5.41, 5.74) is 1.46. The Bertz CT molecular complexity index is 732. The van der Waals surface area contributed by atoms with Crippen molar-refractivity contribution in [2.24, 2.45) is 5.92 Å². The number of aromatic nitrogens is 2. The summed E-state index contributed by atoms with van der Waals surface area (Å²) in [6.07, 6.45) is 4.89. The highest BCUT2D eigenvalue weighted by molar-refractivity contribution is 7.71. The molecule has 1 aromatic carbocycles. The van der Waals surface area contributed by atoms with Gasteiger partial charge in [-0.2, -0.15) is 0 Å². The lowest BCUT2D eigenvalue weighted by molar-refractivity contribution is 0.0582. The molecule has 0 radical (unpaired) electrons. The molecule has 0 unspecified atom stereocenters. The van der Waals surface area contributed by atoms with Gasteiger partial charge >= 0.3 is 0 Å². The van der Waals surface area contributed by atoms with Crippen molar-refractivity contribution in [3.05, 3.63) is 47.0 Å². The molecule has 5 nitrogen and oxygen atoms in total. The molecule has 1 amide bonds. The number of carbonyl (C=O) groups is 1. The van der Waals surface area contributed by atoms with Crippen LogP contribution in [0.4, 0.5) is 0 Å². The number of aromatic amines is 1. The van der Waals surface area contributed by atoms with Gasteiger partial charge in [0.2, 0.25) is 0 Å². The number of H-pyrrole nitrogens is 1. The third-order valence-corrected chi connectivity index (χ3v) is 4.87. The zero-order valence-corrected chi connectivity index (χ0v) is 14.7. The molecular weight excluding hydrogens is 322 g/mol. The standard InChI is InChI=1S/C18H23N3O2S/c1-20(10-7-14-8-11-23-12-9-14)17(22)16-13-19-18(24)21(16)15-5-3-2-4-6-15/h2-6,13-14H,7-12H2,1H3,(H,19,24). The number of carbonyl (C=O) groups excluding carboxylic acids is 1. The molecule has 128 valence electrons. The average Bonchev–Trinajstić information content (AvgIpc) is 3.02. The first kappa shape index (κ1) is 16.9. The smallest absolute Gasteiger partial charge is 0.272 e. The highest BCUT2D eigenvalue weighted by Crippen LogP contribution is 2.19. The third kappa shape index (κ3) is 3.76. The van der Waals surface area contributed by atoms with E-state index in [9.17, 15) is 4.79 Å². The number of ether oxygens (including phenoxy) is 1. The Morgan fingerprint density at radius 1 is 1.33 bits per heavy atom. The monoisotopic (exact) mass is 345 g/mol. The minimum absolute atomic E-state index is 0.0155. The maximum Gasteiger partial charge on any atom is 0.272 e. The molecule has 6 heteroatoms. The summed E-state index contributed by atoms with van der Waals surface area (Å²) < 4.78 is 7.72. The zero-order valence-electron chi connectivity index (χ0n) is 13.9. The molecule has 1 aliphatic heterocycles. The summed E-state index contributed by atoms with van der Waals surface area (Å²) in [5, 5.41) is 0. The Morgan fingerprint density at radius 2 is 2.04 bits per heavy atom. The Labute approximate surface area is 147 Å². The molecule has 1 fully saturated rings. The van der Waals surface area contributed by atoms with Crippen LogP contribution in [0.25, 0.3) is 5.69 Å². The highest BCUT2D eigenvalue weighted by Gasteiger charge is 2.20. The second-order valence-corrected chi connectivity index (χ2v) is 6.61. The largest absolute Gasteiger partial charge is 0.381 e. The number of imidazole rings is 1. The molecule has 3 rings (SSSR count). The van der Waals surface area contributed by atoms with E-state index >= 15 is 0 Å². The second-order valence-electron chi connectivity index (χ2n) is 6.22. The normalized spacial score (nSPS) is 15.4. The number of para-hydroxylation sites is 1. The van der Waals surface area contributed by atoms with Gasteiger partial charge in [0, 0.05) is 38.7 Å². The van der Waals surface area contributed by atoms with E-state index in [1.165, 1.54) is 0 Å². The van der Waals surface area contributed by atoms with E-state index in [-0.39, 0.29) is 5.91 Å². The van der Waals surface area contributed by atoms with Gasteiger partial charge in [0.05, 0.1) is 0 Å². The van der Waals surface area contributed by atoms with Crippen LogP contribution in [0.5, 0.6) is 0 Å². The lowest BCUT2D eigenvalue weighted by atomic mass is 9.96. The van der Waals surface area contributed by atoms with Crippen LogP contribution in [0.15, 0.2) is 36.5 Å². The van der Waals surface area contributed by atoms with Gasteiger partial charge in [-0.05, 0) is 49.5 Å². The summed E-state index contributed by atoms with van der Waals surface area (Å²) in [6.45, 7) is 2.43. The quantitative estimate of drug-likeness (QED) is 0.845. The first-order chi connectivity index (χ1) is 11.7. The predicted octanol–water partition coefficient (Wildman–Crippen LogP) is 3.42. The molecule has 1 saturated heterocycles. The predicted molar refractivity (Wildman–Crippen MR) is 96.1 cm³/mol. The van der Waals surface area contributed by atoms with Gasteiger partial charge in [0.15, 0.2) is 4.77 Å². The summed E-state index contributed by atoms with van der Waals surface area (Å²) >= 11 is 5.35. The molecule has 24 heavy (non-hydrogen) atoms. The molecule has 0 bridgehead atoms. The van der Waals surface area contributed by atoms with Gasteiger partial charge in [-0.3, -0.25) is 9.36 Å². The molecule has 1 aromatic heterocycles. The first-order valence-corrected chi connectivity index (χ1v) is 8.76. The van der Waals surface area contributed by atoms with E-state index in [1.54, 1.807) is 15.7 Å². The van der Waals surface area contributed by atoms with E-state index in [0.29, 0.717) is 16.4 Å². The Morgan fingerprint density at radius 3 is 2.75 bits per heavy atom. The lowest BCUT2D eigenvalue weighted by Gasteiger charge is -2.25. The fourth-order valence-corrected chi connectivity index (χ4v) is 3.33. The molecule has 0 atom stereocenters. The summed E-state index contributed by atoms with van der Waals surface area (Å²) in [6, 6.07) is 9.71. The maximum atomic E-state index is 12.8. The van der Waals surface area contributed by atoms with Crippen molar-refractivity contribution < 1.29 is 9.53 Å². The topological polar surface area (TPSA) is 50.3 Å². The number of amides is 1. The SMILES string of the molecule is CN(CCC1CCOCC1)C(=O)c1c[nH]c(=S)n1-c1ccccc1. The first-order valence-electron chi connectivity index (χ1n) is 8.36. The fraction of sp³-hybridized carbons (Fsp3) is 0.444. The van der Waals surface area contributed by atoms with E-state index in [1.807, 2.05) is 37.4 Å². The van der Waals surface area contributed by atoms with Gasteiger partial charge in [-0.1, -0.05) is 18.2 Å². The number of hydrogen-bond acceptors (Lipinski definition) is 3. The van der Waals surface area contributed by atoms with Crippen molar-refractivity contribution in [1.29, 1.82) is 0 Å². The summed E-state index contributed by atoms with van der Waals surface area (Å²) in [5.74, 6) is 0.634. The Hall–Kier alpha value is -1.92. The van der Waals surface area contributed by atoms with Crippen LogP contribution < -0.4 is 0 Å². The van der Waals surface area contributed by atoms with Crippen molar-refractivity contribution in [1.82, 2.24) is 14.5 Å². The van der Waals surface area contributed by atoms with Gasteiger partial charge < -0.3 is 14.6 Å². The zero-order chi connectivity index (χ0) is 16.9. The van der Waals surface area contributed by atoms with Crippen LogP contribution in [0.2, 0.25) is 0 Å². The van der Waals surface area contributed by atoms with Crippen LogP contribution in [0, 0.1) is 10.7 Å². The van der Waals surface area contributed by atoms with E-state index in [4.69, 9.17) is 17.0 Å². The fourth-order valence-electron chi connectivity index (χ4n) is 3.07. The van der Waals surface area contributed by atoms with E-state index in [2.05, 4.69) is 4.98 Å². The van der Waals surface area contributed by atoms with Crippen molar-refractivity contribution >= 4 is 18.1 Å². The molecule has 0 saturated carbocycles. The van der Waals surface area contributed by atoms with Gasteiger partial charge in [-0.15, -0.1) is 0 Å². The number of hydrogen-bond donors (Lipinski definition) is 1. The minimum atomic E-state index is -0.0155. The third-order valence-electron chi connectivity index (χ3n) is 4.57. The van der Waals surface area contributed by atoms with Crippen molar-refractivity contribution in [2.45, 2.75) is 19.3 Å². The molecule has 0 spiro atoms.